The van der Waals surface area contributed by atoms with Gasteiger partial charge in [-0.25, -0.2) is 8.78 Å². The van der Waals surface area contributed by atoms with Crippen LogP contribution in [0.1, 0.15) is 44.1 Å². The summed E-state index contributed by atoms with van der Waals surface area (Å²) in [5, 5.41) is 3.94. The van der Waals surface area contributed by atoms with Crippen LogP contribution < -0.4 is 5.32 Å². The number of fused-ring (bicyclic) bond motifs is 1. The quantitative estimate of drug-likeness (QED) is 0.641. The molecule has 4 heteroatoms. The van der Waals surface area contributed by atoms with E-state index in [9.17, 15) is 0 Å². The smallest absolute Gasteiger partial charge is 0.258 e. The van der Waals surface area contributed by atoms with Crippen molar-refractivity contribution < 1.29 is 8.78 Å². The van der Waals surface area contributed by atoms with E-state index in [-0.39, 0.29) is 6.42 Å². The zero-order valence-corrected chi connectivity index (χ0v) is 15.3. The number of alkyl halides is 2. The first kappa shape index (κ1) is 18.3. The van der Waals surface area contributed by atoms with Gasteiger partial charge in [-0.05, 0) is 68.1 Å². The maximum atomic E-state index is 15.2. The Hall–Kier alpha value is -1.45. The molecule has 0 saturated carbocycles. The minimum Gasteiger partial charge on any atom is -0.316 e. The van der Waals surface area contributed by atoms with Crippen LogP contribution in [-0.4, -0.2) is 19.0 Å². The summed E-state index contributed by atoms with van der Waals surface area (Å²) in [4.78, 5) is 0. The number of rotatable bonds is 1. The highest BCUT2D eigenvalue weighted by Crippen LogP contribution is 2.45. The zero-order chi connectivity index (χ0) is 17.9. The van der Waals surface area contributed by atoms with Crippen molar-refractivity contribution in [3.63, 3.8) is 0 Å². The van der Waals surface area contributed by atoms with Gasteiger partial charge in [0.15, 0.2) is 0 Å². The first-order chi connectivity index (χ1) is 12.0. The molecule has 3 rings (SSSR count). The Morgan fingerprint density at radius 2 is 1.84 bits per heavy atom. The molecular weight excluding hydrogens is 340 g/mol. The minimum absolute atomic E-state index is 0.150. The van der Waals surface area contributed by atoms with Crippen molar-refractivity contribution in [2.75, 3.05) is 13.1 Å². The first-order valence-corrected chi connectivity index (χ1v) is 9.26. The second-order valence-corrected chi connectivity index (χ2v) is 7.25. The number of nitrogens with one attached hydrogen (secondary N) is 1. The summed E-state index contributed by atoms with van der Waals surface area (Å²) in [5.41, 5.74) is 3.68. The molecule has 25 heavy (non-hydrogen) atoms. The van der Waals surface area contributed by atoms with E-state index in [1.165, 1.54) is 5.57 Å². The summed E-state index contributed by atoms with van der Waals surface area (Å²) >= 11 is 5.97. The predicted octanol–water partition coefficient (Wildman–Crippen LogP) is 6.04. The number of allylic oxidation sites excluding steroid dienone is 4. The molecule has 1 aliphatic carbocycles. The van der Waals surface area contributed by atoms with Gasteiger partial charge in [0.05, 0.1) is 5.92 Å². The third kappa shape index (κ3) is 4.21. The van der Waals surface area contributed by atoms with Gasteiger partial charge in [0, 0.05) is 11.4 Å². The molecule has 1 unspecified atom stereocenters. The van der Waals surface area contributed by atoms with Crippen LogP contribution in [0, 0.1) is 0 Å². The van der Waals surface area contributed by atoms with Crippen LogP contribution in [0.15, 0.2) is 59.2 Å². The van der Waals surface area contributed by atoms with Crippen molar-refractivity contribution in [1.29, 1.82) is 0 Å². The van der Waals surface area contributed by atoms with Crippen molar-refractivity contribution >= 4 is 11.6 Å². The average Bonchev–Trinajstić information content (AvgIpc) is 2.81. The number of benzene rings is 1. The van der Waals surface area contributed by atoms with E-state index in [1.807, 2.05) is 19.1 Å². The van der Waals surface area contributed by atoms with Gasteiger partial charge in [-0.1, -0.05) is 47.5 Å². The summed E-state index contributed by atoms with van der Waals surface area (Å²) in [7, 11) is 0. The van der Waals surface area contributed by atoms with Gasteiger partial charge >= 0.3 is 0 Å². The van der Waals surface area contributed by atoms with Gasteiger partial charge in [-0.3, -0.25) is 0 Å². The van der Waals surface area contributed by atoms with E-state index in [0.29, 0.717) is 17.0 Å². The van der Waals surface area contributed by atoms with Crippen molar-refractivity contribution in [3.8, 4) is 0 Å². The van der Waals surface area contributed by atoms with Crippen molar-refractivity contribution in [2.24, 2.45) is 0 Å². The highest BCUT2D eigenvalue weighted by Gasteiger charge is 2.42. The zero-order valence-electron chi connectivity index (χ0n) is 14.5. The highest BCUT2D eigenvalue weighted by atomic mass is 35.5. The number of hydrogen-bond donors (Lipinski definition) is 1. The predicted molar refractivity (Wildman–Crippen MR) is 100 cm³/mol. The van der Waals surface area contributed by atoms with Crippen molar-refractivity contribution in [1.82, 2.24) is 5.32 Å². The first-order valence-electron chi connectivity index (χ1n) is 8.89. The number of hydrogen-bond acceptors (Lipinski definition) is 1. The van der Waals surface area contributed by atoms with Gasteiger partial charge in [0.1, 0.15) is 0 Å². The lowest BCUT2D eigenvalue weighted by molar-refractivity contribution is -0.0245. The molecule has 0 radical (unpaired) electrons. The van der Waals surface area contributed by atoms with Gasteiger partial charge in [-0.2, -0.15) is 0 Å². The minimum atomic E-state index is -2.79. The molecule has 1 aromatic carbocycles. The molecule has 0 amide bonds. The van der Waals surface area contributed by atoms with Gasteiger partial charge in [0.2, 0.25) is 0 Å². The van der Waals surface area contributed by atoms with E-state index < -0.39 is 11.8 Å². The molecule has 2 aliphatic rings. The Kier molecular flexibility index (Phi) is 5.75. The van der Waals surface area contributed by atoms with Crippen LogP contribution in [0.25, 0.3) is 0 Å². The number of halogens is 3. The van der Waals surface area contributed by atoms with E-state index in [0.717, 1.165) is 37.1 Å². The van der Waals surface area contributed by atoms with E-state index in [1.54, 1.807) is 24.3 Å². The van der Waals surface area contributed by atoms with Crippen molar-refractivity contribution in [2.45, 2.75) is 44.4 Å². The second kappa shape index (κ2) is 7.84. The van der Waals surface area contributed by atoms with E-state index in [4.69, 9.17) is 11.6 Å². The second-order valence-electron chi connectivity index (χ2n) is 6.82. The Labute approximate surface area is 153 Å². The Balaban J connectivity index is 2.15. The molecule has 0 spiro atoms. The fraction of sp³-hybridized carbons (Fsp3) is 0.429. The van der Waals surface area contributed by atoms with Gasteiger partial charge in [0.25, 0.3) is 5.92 Å². The summed E-state index contributed by atoms with van der Waals surface area (Å²) in [6.45, 7) is 3.60. The fourth-order valence-electron chi connectivity index (χ4n) is 3.85. The molecule has 1 saturated heterocycles. The SMILES string of the molecule is C/C1=C2/CCNCC/C2=C/C=C/CCC(F)(F)C1c1ccc(Cl)cc1. The van der Waals surface area contributed by atoms with Crippen LogP contribution in [-0.2, 0) is 0 Å². The van der Waals surface area contributed by atoms with Gasteiger partial charge in [-0.15, -0.1) is 0 Å². The van der Waals surface area contributed by atoms with Crippen LogP contribution in [0.2, 0.25) is 5.02 Å². The van der Waals surface area contributed by atoms with Crippen LogP contribution in [0.4, 0.5) is 8.78 Å². The molecule has 1 fully saturated rings. The van der Waals surface area contributed by atoms with E-state index >= 15 is 8.78 Å². The maximum absolute atomic E-state index is 15.2. The van der Waals surface area contributed by atoms with Crippen LogP contribution in [0.3, 0.4) is 0 Å². The van der Waals surface area contributed by atoms with Crippen LogP contribution in [0.5, 0.6) is 0 Å². The summed E-state index contributed by atoms with van der Waals surface area (Å²) in [6, 6.07) is 6.89. The van der Waals surface area contributed by atoms with Crippen LogP contribution >= 0.6 is 11.6 Å². The molecule has 1 N–H and O–H groups in total. The lowest BCUT2D eigenvalue weighted by Crippen LogP contribution is -2.28. The van der Waals surface area contributed by atoms with Crippen molar-refractivity contribution in [3.05, 3.63) is 69.8 Å². The lowest BCUT2D eigenvalue weighted by atomic mass is 9.79. The highest BCUT2D eigenvalue weighted by molar-refractivity contribution is 6.30. The normalized spacial score (nSPS) is 30.6. The monoisotopic (exact) mass is 363 g/mol. The summed E-state index contributed by atoms with van der Waals surface area (Å²) < 4.78 is 30.4. The molecule has 1 heterocycles. The molecule has 1 nitrogen and oxygen atoms in total. The topological polar surface area (TPSA) is 12.0 Å². The third-order valence-electron chi connectivity index (χ3n) is 5.12. The standard InChI is InChI=1S/C21H24ClF2N/c1-15-19-11-14-25-13-10-16(19)5-3-2-4-12-21(23,24)20(15)17-6-8-18(22)9-7-17/h2-3,5-9,20,25H,4,10-14H2,1H3/b3-2+,16-5-,19-15+. The maximum Gasteiger partial charge on any atom is 0.258 e. The molecule has 0 bridgehead atoms. The Bertz CT molecular complexity index is 701. The molecular formula is C21H24ClF2N. The summed E-state index contributed by atoms with van der Waals surface area (Å²) in [6.07, 6.45) is 7.78. The third-order valence-corrected chi connectivity index (χ3v) is 5.38. The Morgan fingerprint density at radius 3 is 2.60 bits per heavy atom. The lowest BCUT2D eigenvalue weighted by Gasteiger charge is -2.31. The fourth-order valence-corrected chi connectivity index (χ4v) is 3.97. The Morgan fingerprint density at radius 1 is 1.12 bits per heavy atom. The molecule has 1 aliphatic heterocycles. The average molecular weight is 364 g/mol. The molecule has 0 aromatic heterocycles. The van der Waals surface area contributed by atoms with E-state index in [2.05, 4.69) is 11.4 Å². The largest absolute Gasteiger partial charge is 0.316 e. The van der Waals surface area contributed by atoms with Gasteiger partial charge < -0.3 is 5.32 Å². The summed E-state index contributed by atoms with van der Waals surface area (Å²) in [5.74, 6) is -3.70. The molecule has 1 aromatic rings. The molecule has 134 valence electrons. The molecule has 1 atom stereocenters.